The molecule has 1 amide bonds. The highest BCUT2D eigenvalue weighted by Crippen LogP contribution is 2.17. The van der Waals surface area contributed by atoms with Crippen LogP contribution in [0, 0.1) is 11.7 Å². The molecule has 16 heavy (non-hydrogen) atoms. The molecule has 2 nitrogen and oxygen atoms in total. The third-order valence-electron chi connectivity index (χ3n) is 2.15. The number of hydrogen-bond acceptors (Lipinski definition) is 1. The minimum absolute atomic E-state index is 0.153. The summed E-state index contributed by atoms with van der Waals surface area (Å²) >= 11 is 3.06. The molecule has 0 saturated carbocycles. The fourth-order valence-corrected chi connectivity index (χ4v) is 1.73. The molecule has 1 aromatic rings. The van der Waals surface area contributed by atoms with Crippen molar-refractivity contribution in [3.8, 4) is 0 Å². The summed E-state index contributed by atoms with van der Waals surface area (Å²) in [4.78, 5) is 13.5. The molecular weight excluding hydrogens is 273 g/mol. The van der Waals surface area contributed by atoms with Crippen LogP contribution in [0.3, 0.4) is 0 Å². The van der Waals surface area contributed by atoms with Crippen molar-refractivity contribution >= 4 is 21.8 Å². The van der Waals surface area contributed by atoms with E-state index in [1.165, 1.54) is 6.07 Å². The van der Waals surface area contributed by atoms with Crippen LogP contribution >= 0.6 is 15.9 Å². The quantitative estimate of drug-likeness (QED) is 0.835. The monoisotopic (exact) mass is 287 g/mol. The van der Waals surface area contributed by atoms with Crippen molar-refractivity contribution in [2.75, 3.05) is 13.6 Å². The highest BCUT2D eigenvalue weighted by Gasteiger charge is 2.14. The van der Waals surface area contributed by atoms with Crippen LogP contribution in [-0.2, 0) is 0 Å². The molecule has 0 unspecified atom stereocenters. The van der Waals surface area contributed by atoms with Crippen molar-refractivity contribution in [1.29, 1.82) is 0 Å². The van der Waals surface area contributed by atoms with Crippen LogP contribution in [0.25, 0.3) is 0 Å². The van der Waals surface area contributed by atoms with E-state index in [9.17, 15) is 9.18 Å². The number of nitrogens with zero attached hydrogens (tertiary/aromatic N) is 1. The lowest BCUT2D eigenvalue weighted by molar-refractivity contribution is 0.0778. The molecular formula is C12H15BrFNO. The van der Waals surface area contributed by atoms with Crippen LogP contribution in [0.4, 0.5) is 4.39 Å². The Bertz CT molecular complexity index is 393. The first-order valence-corrected chi connectivity index (χ1v) is 5.91. The van der Waals surface area contributed by atoms with Gasteiger partial charge < -0.3 is 4.90 Å². The molecule has 0 bridgehead atoms. The van der Waals surface area contributed by atoms with Crippen LogP contribution in [0.15, 0.2) is 22.7 Å². The van der Waals surface area contributed by atoms with Gasteiger partial charge in [0.15, 0.2) is 0 Å². The highest BCUT2D eigenvalue weighted by atomic mass is 79.9. The van der Waals surface area contributed by atoms with Gasteiger partial charge in [-0.2, -0.15) is 0 Å². The van der Waals surface area contributed by atoms with Gasteiger partial charge in [-0.25, -0.2) is 4.39 Å². The van der Waals surface area contributed by atoms with Gasteiger partial charge in [-0.3, -0.25) is 4.79 Å². The zero-order valence-corrected chi connectivity index (χ0v) is 11.2. The van der Waals surface area contributed by atoms with Gasteiger partial charge >= 0.3 is 0 Å². The van der Waals surface area contributed by atoms with Gasteiger partial charge in [-0.1, -0.05) is 13.8 Å². The van der Waals surface area contributed by atoms with Crippen LogP contribution in [-0.4, -0.2) is 24.4 Å². The highest BCUT2D eigenvalue weighted by molar-refractivity contribution is 9.10. The smallest absolute Gasteiger partial charge is 0.253 e. The first kappa shape index (κ1) is 13.2. The van der Waals surface area contributed by atoms with E-state index in [1.807, 2.05) is 13.8 Å². The molecule has 0 spiro atoms. The molecule has 0 atom stereocenters. The molecule has 0 heterocycles. The van der Waals surface area contributed by atoms with Gasteiger partial charge in [0, 0.05) is 19.2 Å². The minimum atomic E-state index is -0.413. The molecule has 1 rings (SSSR count). The lowest BCUT2D eigenvalue weighted by Gasteiger charge is -2.19. The maximum Gasteiger partial charge on any atom is 0.253 e. The maximum atomic E-state index is 13.2. The van der Waals surface area contributed by atoms with E-state index < -0.39 is 5.82 Å². The summed E-state index contributed by atoms with van der Waals surface area (Å²) in [6, 6.07) is 4.42. The van der Waals surface area contributed by atoms with Crippen molar-refractivity contribution in [3.05, 3.63) is 34.1 Å². The van der Waals surface area contributed by atoms with Crippen molar-refractivity contribution < 1.29 is 9.18 Å². The summed E-state index contributed by atoms with van der Waals surface area (Å²) in [5, 5.41) is 0. The van der Waals surface area contributed by atoms with Crippen LogP contribution in [0.5, 0.6) is 0 Å². The second-order valence-electron chi connectivity index (χ2n) is 4.21. The average molecular weight is 288 g/mol. The minimum Gasteiger partial charge on any atom is -0.341 e. The Morgan fingerprint density at radius 2 is 2.12 bits per heavy atom. The van der Waals surface area contributed by atoms with Crippen molar-refractivity contribution in [2.45, 2.75) is 13.8 Å². The fourth-order valence-electron chi connectivity index (χ4n) is 1.48. The fraction of sp³-hybridized carbons (Fsp3) is 0.417. The number of rotatable bonds is 3. The van der Waals surface area contributed by atoms with E-state index in [4.69, 9.17) is 0 Å². The molecule has 0 aliphatic heterocycles. The Labute approximate surface area is 104 Å². The number of carbonyl (C=O) groups is 1. The van der Waals surface area contributed by atoms with Gasteiger partial charge in [-0.15, -0.1) is 0 Å². The summed E-state index contributed by atoms with van der Waals surface area (Å²) in [6.45, 7) is 4.73. The number of carbonyl (C=O) groups excluding carboxylic acids is 1. The molecule has 1 aromatic carbocycles. The SMILES string of the molecule is CC(C)CN(C)C(=O)c1ccc(Br)c(F)c1. The predicted molar refractivity (Wildman–Crippen MR) is 65.9 cm³/mol. The Kier molecular flexibility index (Phi) is 4.47. The molecule has 0 aliphatic rings. The van der Waals surface area contributed by atoms with E-state index in [-0.39, 0.29) is 5.91 Å². The van der Waals surface area contributed by atoms with Gasteiger partial charge in [0.1, 0.15) is 5.82 Å². The van der Waals surface area contributed by atoms with Gasteiger partial charge in [0.05, 0.1) is 4.47 Å². The first-order valence-electron chi connectivity index (χ1n) is 5.12. The molecule has 4 heteroatoms. The van der Waals surface area contributed by atoms with Crippen molar-refractivity contribution in [3.63, 3.8) is 0 Å². The summed E-state index contributed by atoms with van der Waals surface area (Å²) < 4.78 is 13.6. The normalized spacial score (nSPS) is 10.6. The Morgan fingerprint density at radius 1 is 1.50 bits per heavy atom. The van der Waals surface area contributed by atoms with E-state index >= 15 is 0 Å². The summed E-state index contributed by atoms with van der Waals surface area (Å²) in [6.07, 6.45) is 0. The van der Waals surface area contributed by atoms with Crippen LogP contribution in [0.1, 0.15) is 24.2 Å². The summed E-state index contributed by atoms with van der Waals surface area (Å²) in [5.74, 6) is -0.168. The number of amides is 1. The van der Waals surface area contributed by atoms with Gasteiger partial charge in [0.2, 0.25) is 0 Å². The number of benzene rings is 1. The van der Waals surface area contributed by atoms with Crippen molar-refractivity contribution in [2.24, 2.45) is 5.92 Å². The van der Waals surface area contributed by atoms with Crippen LogP contribution < -0.4 is 0 Å². The van der Waals surface area contributed by atoms with E-state index in [0.717, 1.165) is 0 Å². The second-order valence-corrected chi connectivity index (χ2v) is 5.06. The third-order valence-corrected chi connectivity index (χ3v) is 2.80. The topological polar surface area (TPSA) is 20.3 Å². The zero-order chi connectivity index (χ0) is 12.3. The maximum absolute atomic E-state index is 13.2. The first-order chi connectivity index (χ1) is 7.41. The molecule has 0 saturated heterocycles. The van der Waals surface area contributed by atoms with E-state index in [2.05, 4.69) is 15.9 Å². The summed E-state index contributed by atoms with van der Waals surface area (Å²) in [7, 11) is 1.72. The lowest BCUT2D eigenvalue weighted by Crippen LogP contribution is -2.30. The predicted octanol–water partition coefficient (Wildman–Crippen LogP) is 3.32. The number of halogens is 2. The molecule has 0 aliphatic carbocycles. The van der Waals surface area contributed by atoms with E-state index in [0.29, 0.717) is 22.5 Å². The molecule has 0 fully saturated rings. The molecule has 0 radical (unpaired) electrons. The number of hydrogen-bond donors (Lipinski definition) is 0. The Hall–Kier alpha value is -0.900. The van der Waals surface area contributed by atoms with Gasteiger partial charge in [-0.05, 0) is 40.0 Å². The second kappa shape index (κ2) is 5.43. The zero-order valence-electron chi connectivity index (χ0n) is 9.63. The average Bonchev–Trinajstić information content (AvgIpc) is 2.20. The van der Waals surface area contributed by atoms with Crippen LogP contribution in [0.2, 0.25) is 0 Å². The molecule has 0 aromatic heterocycles. The summed E-state index contributed by atoms with van der Waals surface area (Å²) in [5.41, 5.74) is 0.379. The Balaban J connectivity index is 2.84. The largest absolute Gasteiger partial charge is 0.341 e. The van der Waals surface area contributed by atoms with E-state index in [1.54, 1.807) is 24.1 Å². The standard InChI is InChI=1S/C12H15BrFNO/c1-8(2)7-15(3)12(16)9-4-5-10(13)11(14)6-9/h4-6,8H,7H2,1-3H3. The Morgan fingerprint density at radius 3 is 2.62 bits per heavy atom. The molecule has 0 N–H and O–H groups in total. The lowest BCUT2D eigenvalue weighted by atomic mass is 10.1. The molecule has 88 valence electrons. The third kappa shape index (κ3) is 3.30. The van der Waals surface area contributed by atoms with Gasteiger partial charge in [0.25, 0.3) is 5.91 Å². The van der Waals surface area contributed by atoms with Crippen molar-refractivity contribution in [1.82, 2.24) is 4.90 Å².